The molecule has 0 aliphatic carbocycles. The van der Waals surface area contributed by atoms with Crippen LogP contribution >= 0.6 is 11.6 Å². The van der Waals surface area contributed by atoms with E-state index in [0.717, 1.165) is 0 Å². The van der Waals surface area contributed by atoms with Crippen LogP contribution < -0.4 is 30.2 Å². The lowest BCUT2D eigenvalue weighted by Crippen LogP contribution is -2.46. The van der Waals surface area contributed by atoms with Crippen LogP contribution in [0.15, 0.2) is 47.7 Å². The van der Waals surface area contributed by atoms with Crippen LogP contribution in [0.3, 0.4) is 0 Å². The van der Waals surface area contributed by atoms with E-state index in [4.69, 9.17) is 25.8 Å². The maximum absolute atomic E-state index is 13.1. The molecule has 2 aromatic rings. The predicted molar refractivity (Wildman–Crippen MR) is 113 cm³/mol. The van der Waals surface area contributed by atoms with Crippen molar-refractivity contribution >= 4 is 29.2 Å². The fourth-order valence-corrected chi connectivity index (χ4v) is 3.37. The lowest BCUT2D eigenvalue weighted by atomic mass is 9.94. The third kappa shape index (κ3) is 4.28. The molecule has 2 aromatic carbocycles. The van der Waals surface area contributed by atoms with Crippen molar-refractivity contribution in [2.45, 2.75) is 13.0 Å². The van der Waals surface area contributed by atoms with Crippen LogP contribution in [0.5, 0.6) is 17.2 Å². The molecule has 1 unspecified atom stereocenters. The molecule has 1 atom stereocenters. The minimum Gasteiger partial charge on any atom is -0.493 e. The van der Waals surface area contributed by atoms with Crippen molar-refractivity contribution < 1.29 is 23.8 Å². The maximum Gasteiger partial charge on any atom is 0.319 e. The molecule has 9 heteroatoms. The Bertz CT molecular complexity index is 979. The molecule has 0 saturated carbocycles. The molecule has 0 aromatic heterocycles. The van der Waals surface area contributed by atoms with Crippen LogP contribution in [-0.4, -0.2) is 33.3 Å². The largest absolute Gasteiger partial charge is 0.493 e. The van der Waals surface area contributed by atoms with Crippen molar-refractivity contribution in [3.05, 3.63) is 58.3 Å². The number of carbonyl (C=O) groups is 2. The van der Waals surface area contributed by atoms with Gasteiger partial charge in [0.25, 0.3) is 5.91 Å². The van der Waals surface area contributed by atoms with E-state index >= 15 is 0 Å². The molecule has 3 rings (SSSR count). The van der Waals surface area contributed by atoms with Crippen LogP contribution in [-0.2, 0) is 4.79 Å². The minimum absolute atomic E-state index is 0.346. The summed E-state index contributed by atoms with van der Waals surface area (Å²) in [6.07, 6.45) is 0. The Labute approximate surface area is 179 Å². The summed E-state index contributed by atoms with van der Waals surface area (Å²) in [6.45, 7) is 1.67. The quantitative estimate of drug-likeness (QED) is 0.648. The summed E-state index contributed by atoms with van der Waals surface area (Å²) in [6, 6.07) is 8.97. The van der Waals surface area contributed by atoms with Gasteiger partial charge in [-0.15, -0.1) is 0 Å². The smallest absolute Gasteiger partial charge is 0.319 e. The van der Waals surface area contributed by atoms with Gasteiger partial charge in [-0.1, -0.05) is 11.6 Å². The number of nitrogens with one attached hydrogen (secondary N) is 3. The van der Waals surface area contributed by atoms with E-state index in [1.54, 1.807) is 43.3 Å². The molecular weight excluding hydrogens is 410 g/mol. The molecule has 1 heterocycles. The predicted octanol–water partition coefficient (Wildman–Crippen LogP) is 3.63. The zero-order valence-corrected chi connectivity index (χ0v) is 17.7. The molecule has 0 bridgehead atoms. The molecule has 3 N–H and O–H groups in total. The first-order valence-corrected chi connectivity index (χ1v) is 9.40. The van der Waals surface area contributed by atoms with Gasteiger partial charge in [0.15, 0.2) is 11.5 Å². The van der Waals surface area contributed by atoms with E-state index in [1.807, 2.05) is 0 Å². The number of anilines is 1. The van der Waals surface area contributed by atoms with Gasteiger partial charge >= 0.3 is 6.03 Å². The molecule has 0 fully saturated rings. The van der Waals surface area contributed by atoms with Crippen LogP contribution in [0.4, 0.5) is 10.5 Å². The van der Waals surface area contributed by atoms with Gasteiger partial charge in [-0.2, -0.15) is 0 Å². The maximum atomic E-state index is 13.1. The van der Waals surface area contributed by atoms with Crippen LogP contribution in [0.1, 0.15) is 18.5 Å². The molecule has 0 spiro atoms. The van der Waals surface area contributed by atoms with Crippen molar-refractivity contribution in [1.82, 2.24) is 10.6 Å². The van der Waals surface area contributed by atoms with E-state index in [1.165, 1.54) is 21.3 Å². The Morgan fingerprint density at radius 2 is 1.63 bits per heavy atom. The summed E-state index contributed by atoms with van der Waals surface area (Å²) < 4.78 is 16.2. The second-order valence-electron chi connectivity index (χ2n) is 6.49. The van der Waals surface area contributed by atoms with Gasteiger partial charge in [-0.05, 0) is 48.9 Å². The molecule has 158 valence electrons. The van der Waals surface area contributed by atoms with Gasteiger partial charge < -0.3 is 30.2 Å². The number of methoxy groups -OCH3 is 3. The Hall–Kier alpha value is -3.39. The van der Waals surface area contributed by atoms with Gasteiger partial charge in [0, 0.05) is 16.4 Å². The first-order valence-electron chi connectivity index (χ1n) is 9.03. The molecular formula is C21H22ClN3O5. The number of carbonyl (C=O) groups excluding carboxylic acids is 2. The van der Waals surface area contributed by atoms with Crippen molar-refractivity contribution in [3.63, 3.8) is 0 Å². The number of hydrogen-bond donors (Lipinski definition) is 3. The molecule has 0 radical (unpaired) electrons. The summed E-state index contributed by atoms with van der Waals surface area (Å²) in [5, 5.41) is 8.82. The van der Waals surface area contributed by atoms with Crippen molar-refractivity contribution in [1.29, 1.82) is 0 Å². The minimum atomic E-state index is -0.736. The fourth-order valence-electron chi connectivity index (χ4n) is 3.24. The summed E-state index contributed by atoms with van der Waals surface area (Å²) in [5.74, 6) is 0.863. The van der Waals surface area contributed by atoms with Crippen molar-refractivity contribution in [3.8, 4) is 17.2 Å². The standard InChI is InChI=1S/C21H22ClN3O5/c1-11-17(20(26)24-14-7-5-13(22)6-8-14)18(25-21(27)23-11)12-9-15(28-2)19(30-4)16(10-12)29-3/h5-10,18H,1-4H3,(H,24,26)(H2,23,25,27). The first-order chi connectivity index (χ1) is 14.4. The number of allylic oxidation sites excluding steroid dienone is 1. The third-order valence-electron chi connectivity index (χ3n) is 4.64. The van der Waals surface area contributed by atoms with Crippen molar-refractivity contribution in [2.24, 2.45) is 0 Å². The second-order valence-corrected chi connectivity index (χ2v) is 6.93. The molecule has 8 nitrogen and oxygen atoms in total. The normalized spacial score (nSPS) is 15.8. The first kappa shape index (κ1) is 21.3. The Morgan fingerprint density at radius 1 is 1.03 bits per heavy atom. The third-order valence-corrected chi connectivity index (χ3v) is 4.89. The second kappa shape index (κ2) is 8.96. The Balaban J connectivity index is 2.03. The lowest BCUT2D eigenvalue weighted by molar-refractivity contribution is -0.113. The highest BCUT2D eigenvalue weighted by molar-refractivity contribution is 6.30. The van der Waals surface area contributed by atoms with Gasteiger partial charge in [-0.25, -0.2) is 4.79 Å². The highest BCUT2D eigenvalue weighted by atomic mass is 35.5. The topological polar surface area (TPSA) is 97.9 Å². The SMILES string of the molecule is COc1cc(C2NC(=O)NC(C)=C2C(=O)Nc2ccc(Cl)cc2)cc(OC)c1OC. The number of ether oxygens (including phenoxy) is 3. The fraction of sp³-hybridized carbons (Fsp3) is 0.238. The van der Waals surface area contributed by atoms with E-state index in [9.17, 15) is 9.59 Å². The van der Waals surface area contributed by atoms with E-state index in [0.29, 0.717) is 44.8 Å². The van der Waals surface area contributed by atoms with Gasteiger partial charge in [0.2, 0.25) is 5.75 Å². The molecule has 1 aliphatic rings. The highest BCUT2D eigenvalue weighted by Crippen LogP contribution is 2.41. The van der Waals surface area contributed by atoms with Gasteiger partial charge in [0.1, 0.15) is 0 Å². The summed E-state index contributed by atoms with van der Waals surface area (Å²) in [4.78, 5) is 25.3. The number of hydrogen-bond acceptors (Lipinski definition) is 5. The number of amides is 3. The number of urea groups is 1. The molecule has 30 heavy (non-hydrogen) atoms. The number of benzene rings is 2. The van der Waals surface area contributed by atoms with Crippen LogP contribution in [0.2, 0.25) is 5.02 Å². The van der Waals surface area contributed by atoms with E-state index < -0.39 is 12.1 Å². The molecule has 3 amide bonds. The van der Waals surface area contributed by atoms with Crippen molar-refractivity contribution in [2.75, 3.05) is 26.6 Å². The monoisotopic (exact) mass is 431 g/mol. The summed E-state index contributed by atoms with van der Waals surface area (Å²) in [7, 11) is 4.50. The zero-order chi connectivity index (χ0) is 21.8. The van der Waals surface area contributed by atoms with Gasteiger partial charge in [-0.3, -0.25) is 4.79 Å². The number of halogens is 1. The Morgan fingerprint density at radius 3 is 2.17 bits per heavy atom. The average molecular weight is 432 g/mol. The summed E-state index contributed by atoms with van der Waals surface area (Å²) in [5.41, 5.74) is 1.95. The molecule has 0 saturated heterocycles. The van der Waals surface area contributed by atoms with Crippen LogP contribution in [0, 0.1) is 0 Å². The molecule has 1 aliphatic heterocycles. The summed E-state index contributed by atoms with van der Waals surface area (Å²) >= 11 is 5.91. The highest BCUT2D eigenvalue weighted by Gasteiger charge is 2.32. The van der Waals surface area contributed by atoms with Gasteiger partial charge in [0.05, 0.1) is 32.9 Å². The lowest BCUT2D eigenvalue weighted by Gasteiger charge is -2.29. The zero-order valence-electron chi connectivity index (χ0n) is 17.0. The van der Waals surface area contributed by atoms with Crippen LogP contribution in [0.25, 0.3) is 0 Å². The van der Waals surface area contributed by atoms with E-state index in [-0.39, 0.29) is 5.91 Å². The van der Waals surface area contributed by atoms with E-state index in [2.05, 4.69) is 16.0 Å². The number of rotatable bonds is 6. The Kier molecular flexibility index (Phi) is 6.37. The average Bonchev–Trinajstić information content (AvgIpc) is 2.73.